The monoisotopic (exact) mass is 415 g/mol. The summed E-state index contributed by atoms with van der Waals surface area (Å²) in [5, 5.41) is 11.8. The fourth-order valence-corrected chi connectivity index (χ4v) is 4.10. The van der Waals surface area contributed by atoms with Gasteiger partial charge in [-0.3, -0.25) is 19.8 Å². The van der Waals surface area contributed by atoms with Crippen LogP contribution in [0.15, 0.2) is 78.9 Å². The fourth-order valence-electron chi connectivity index (χ4n) is 3.12. The second-order valence-electron chi connectivity index (χ2n) is 6.57. The zero-order chi connectivity index (χ0) is 21.1. The van der Waals surface area contributed by atoms with Gasteiger partial charge in [0, 0.05) is 12.1 Å². The average molecular weight is 415 g/mol. The number of aryl methyl sites for hydroxylation is 1. The third kappa shape index (κ3) is 3.83. The molecule has 0 aliphatic carbocycles. The van der Waals surface area contributed by atoms with Gasteiger partial charge in [-0.05, 0) is 42.8 Å². The molecule has 0 bridgehead atoms. The van der Waals surface area contributed by atoms with Crippen molar-refractivity contribution < 1.29 is 9.72 Å². The number of thiazole rings is 1. The second kappa shape index (κ2) is 8.26. The van der Waals surface area contributed by atoms with Crippen molar-refractivity contribution in [2.75, 3.05) is 4.90 Å². The van der Waals surface area contributed by atoms with Crippen molar-refractivity contribution in [1.29, 1.82) is 0 Å². The first kappa shape index (κ1) is 19.5. The molecule has 1 heterocycles. The van der Waals surface area contributed by atoms with Crippen LogP contribution in [0.1, 0.15) is 11.1 Å². The Morgan fingerprint density at radius 2 is 1.73 bits per heavy atom. The Morgan fingerprint density at radius 1 is 1.03 bits per heavy atom. The highest BCUT2D eigenvalue weighted by atomic mass is 32.1. The number of benzene rings is 3. The number of carbonyl (C=O) groups is 1. The van der Waals surface area contributed by atoms with Crippen LogP contribution < -0.4 is 4.90 Å². The van der Waals surface area contributed by atoms with Gasteiger partial charge >= 0.3 is 0 Å². The molecule has 0 saturated carbocycles. The summed E-state index contributed by atoms with van der Waals surface area (Å²) < 4.78 is 0.974. The van der Waals surface area contributed by atoms with Gasteiger partial charge < -0.3 is 0 Å². The number of nitro benzene ring substituents is 1. The normalized spacial score (nSPS) is 11.1. The van der Waals surface area contributed by atoms with Gasteiger partial charge in [-0.1, -0.05) is 53.8 Å². The molecule has 0 fully saturated rings. The van der Waals surface area contributed by atoms with Crippen LogP contribution in [0.4, 0.5) is 16.5 Å². The standard InChI is InChI=1S/C23H17N3O3S/c1-16-8-2-5-11-19(16)25(23-24-18-10-4-7-13-21(18)30-23)22(27)15-14-17-9-3-6-12-20(17)26(28)29/h2-15H,1H3/b15-14+. The number of amides is 1. The van der Waals surface area contributed by atoms with Crippen molar-refractivity contribution in [3.05, 3.63) is 100 Å². The molecule has 0 N–H and O–H groups in total. The van der Waals surface area contributed by atoms with E-state index in [0.29, 0.717) is 16.4 Å². The Balaban J connectivity index is 1.77. The predicted octanol–water partition coefficient (Wildman–Crippen LogP) is 5.89. The molecule has 1 amide bonds. The topological polar surface area (TPSA) is 76.3 Å². The third-order valence-corrected chi connectivity index (χ3v) is 5.61. The first-order chi connectivity index (χ1) is 14.5. The molecule has 0 aliphatic rings. The molecule has 1 aromatic heterocycles. The minimum absolute atomic E-state index is 0.0519. The van der Waals surface area contributed by atoms with E-state index >= 15 is 0 Å². The first-order valence-corrected chi connectivity index (χ1v) is 10.0. The van der Waals surface area contributed by atoms with Crippen LogP contribution in [0.3, 0.4) is 0 Å². The Hall–Kier alpha value is -3.84. The second-order valence-corrected chi connectivity index (χ2v) is 7.58. The van der Waals surface area contributed by atoms with Crippen molar-refractivity contribution in [1.82, 2.24) is 4.98 Å². The summed E-state index contributed by atoms with van der Waals surface area (Å²) >= 11 is 1.42. The van der Waals surface area contributed by atoms with E-state index < -0.39 is 4.92 Å². The van der Waals surface area contributed by atoms with Crippen LogP contribution in [0, 0.1) is 17.0 Å². The summed E-state index contributed by atoms with van der Waals surface area (Å²) in [6.07, 6.45) is 2.82. The van der Waals surface area contributed by atoms with Gasteiger partial charge in [-0.2, -0.15) is 0 Å². The van der Waals surface area contributed by atoms with Gasteiger partial charge in [0.2, 0.25) is 0 Å². The van der Waals surface area contributed by atoms with Crippen molar-refractivity contribution in [2.45, 2.75) is 6.92 Å². The van der Waals surface area contributed by atoms with Gasteiger partial charge in [0.05, 0.1) is 26.4 Å². The first-order valence-electron chi connectivity index (χ1n) is 9.21. The lowest BCUT2D eigenvalue weighted by molar-refractivity contribution is -0.385. The number of carbonyl (C=O) groups excluding carboxylic acids is 1. The molecule has 7 heteroatoms. The lowest BCUT2D eigenvalue weighted by Crippen LogP contribution is -2.24. The number of rotatable bonds is 5. The Morgan fingerprint density at radius 3 is 2.50 bits per heavy atom. The highest BCUT2D eigenvalue weighted by Gasteiger charge is 2.21. The minimum atomic E-state index is -0.462. The number of aromatic nitrogens is 1. The molecule has 0 spiro atoms. The highest BCUT2D eigenvalue weighted by molar-refractivity contribution is 7.22. The fraction of sp³-hybridized carbons (Fsp3) is 0.0435. The van der Waals surface area contributed by atoms with E-state index in [4.69, 9.17) is 0 Å². The van der Waals surface area contributed by atoms with E-state index in [0.717, 1.165) is 15.8 Å². The van der Waals surface area contributed by atoms with E-state index in [2.05, 4.69) is 4.98 Å². The van der Waals surface area contributed by atoms with Crippen molar-refractivity contribution in [3.63, 3.8) is 0 Å². The molecule has 0 saturated heterocycles. The quantitative estimate of drug-likeness (QED) is 0.231. The van der Waals surface area contributed by atoms with E-state index in [1.165, 1.54) is 29.6 Å². The molecule has 0 unspecified atom stereocenters. The minimum Gasteiger partial charge on any atom is -0.269 e. The molecule has 6 nitrogen and oxygen atoms in total. The smallest absolute Gasteiger partial charge is 0.269 e. The zero-order valence-electron chi connectivity index (χ0n) is 16.1. The SMILES string of the molecule is Cc1ccccc1N(C(=O)/C=C/c1ccccc1[N+](=O)[O-])c1nc2ccccc2s1. The number of para-hydroxylation sites is 3. The van der Waals surface area contributed by atoms with E-state index in [1.54, 1.807) is 23.1 Å². The van der Waals surface area contributed by atoms with Crippen molar-refractivity contribution >= 4 is 50.0 Å². The molecule has 148 valence electrons. The molecule has 4 rings (SSSR count). The van der Waals surface area contributed by atoms with E-state index in [9.17, 15) is 14.9 Å². The maximum atomic E-state index is 13.3. The molecule has 0 aliphatic heterocycles. The lowest BCUT2D eigenvalue weighted by Gasteiger charge is -2.20. The van der Waals surface area contributed by atoms with Crippen LogP contribution in [0.5, 0.6) is 0 Å². The summed E-state index contributed by atoms with van der Waals surface area (Å²) in [6, 6.07) is 21.6. The lowest BCUT2D eigenvalue weighted by atomic mass is 10.1. The number of nitrogens with zero attached hydrogens (tertiary/aromatic N) is 3. The summed E-state index contributed by atoms with van der Waals surface area (Å²) in [4.78, 5) is 30.2. The molecular weight excluding hydrogens is 398 g/mol. The number of hydrogen-bond donors (Lipinski definition) is 0. The van der Waals surface area contributed by atoms with E-state index in [-0.39, 0.29) is 11.6 Å². The Kier molecular flexibility index (Phi) is 5.36. The third-order valence-electron chi connectivity index (χ3n) is 4.59. The summed E-state index contributed by atoms with van der Waals surface area (Å²) in [5.41, 5.74) is 2.76. The molecular formula is C23H17N3O3S. The number of hydrogen-bond acceptors (Lipinski definition) is 5. The average Bonchev–Trinajstić information content (AvgIpc) is 3.17. The Bertz CT molecular complexity index is 1250. The van der Waals surface area contributed by atoms with Crippen LogP contribution in [0.2, 0.25) is 0 Å². The van der Waals surface area contributed by atoms with Gasteiger partial charge in [-0.25, -0.2) is 4.98 Å². The van der Waals surface area contributed by atoms with Gasteiger partial charge in [0.15, 0.2) is 5.13 Å². The number of anilines is 2. The maximum absolute atomic E-state index is 13.3. The van der Waals surface area contributed by atoms with Crippen LogP contribution in [-0.4, -0.2) is 15.8 Å². The maximum Gasteiger partial charge on any atom is 0.276 e. The van der Waals surface area contributed by atoms with Crippen molar-refractivity contribution in [3.8, 4) is 0 Å². The summed E-state index contributed by atoms with van der Waals surface area (Å²) in [5.74, 6) is -0.332. The van der Waals surface area contributed by atoms with Crippen LogP contribution in [0.25, 0.3) is 16.3 Å². The number of nitro groups is 1. The van der Waals surface area contributed by atoms with E-state index in [1.807, 2.05) is 55.5 Å². The molecule has 0 atom stereocenters. The van der Waals surface area contributed by atoms with Gasteiger partial charge in [0.1, 0.15) is 0 Å². The zero-order valence-corrected chi connectivity index (χ0v) is 16.9. The van der Waals surface area contributed by atoms with Crippen LogP contribution in [-0.2, 0) is 4.79 Å². The highest BCUT2D eigenvalue weighted by Crippen LogP contribution is 2.35. The Labute approximate surface area is 176 Å². The largest absolute Gasteiger partial charge is 0.276 e. The molecule has 3 aromatic carbocycles. The predicted molar refractivity (Wildman–Crippen MR) is 120 cm³/mol. The summed E-state index contributed by atoms with van der Waals surface area (Å²) in [7, 11) is 0. The van der Waals surface area contributed by atoms with Crippen LogP contribution >= 0.6 is 11.3 Å². The molecule has 30 heavy (non-hydrogen) atoms. The van der Waals surface area contributed by atoms with Crippen molar-refractivity contribution in [2.24, 2.45) is 0 Å². The number of fused-ring (bicyclic) bond motifs is 1. The molecule has 0 radical (unpaired) electrons. The molecule has 4 aromatic rings. The van der Waals surface area contributed by atoms with Gasteiger partial charge in [-0.15, -0.1) is 0 Å². The van der Waals surface area contributed by atoms with Gasteiger partial charge in [0.25, 0.3) is 11.6 Å². The summed E-state index contributed by atoms with van der Waals surface area (Å²) in [6.45, 7) is 1.93.